The predicted octanol–water partition coefficient (Wildman–Crippen LogP) is 6.99. The van der Waals surface area contributed by atoms with Gasteiger partial charge >= 0.3 is 0 Å². The van der Waals surface area contributed by atoms with Gasteiger partial charge in [-0.1, -0.05) is 72.7 Å². The molecular weight excluding hydrogens is 699 g/mol. The Balaban J connectivity index is 1.41. The third kappa shape index (κ3) is 7.68. The summed E-state index contributed by atoms with van der Waals surface area (Å²) in [5.74, 6) is -0.652. The molecular formula is C43H53N3O7Si. The molecule has 286 valence electrons. The smallest absolute Gasteiger partial charge is 0.269 e. The molecule has 10 nitrogen and oxygen atoms in total. The second kappa shape index (κ2) is 16.0. The van der Waals surface area contributed by atoms with Crippen LogP contribution in [0, 0.1) is 5.92 Å². The Morgan fingerprint density at radius 2 is 1.72 bits per heavy atom. The van der Waals surface area contributed by atoms with E-state index in [1.54, 1.807) is 14.7 Å². The molecule has 11 heteroatoms. The molecule has 0 bridgehead atoms. The summed E-state index contributed by atoms with van der Waals surface area (Å²) in [5, 5.41) is 9.91. The molecule has 6 rings (SSSR count). The van der Waals surface area contributed by atoms with Gasteiger partial charge in [0, 0.05) is 42.3 Å². The lowest BCUT2D eigenvalue weighted by molar-refractivity contribution is -0.149. The summed E-state index contributed by atoms with van der Waals surface area (Å²) in [6, 6.07) is 22.5. The number of rotatable bonds is 13. The Morgan fingerprint density at radius 1 is 1.00 bits per heavy atom. The van der Waals surface area contributed by atoms with Crippen molar-refractivity contribution in [3.8, 4) is 5.75 Å². The molecule has 0 unspecified atom stereocenters. The molecule has 1 fully saturated rings. The Bertz CT molecular complexity index is 1940. The molecule has 3 heterocycles. The second-order valence-electron chi connectivity index (χ2n) is 15.6. The number of benzene rings is 3. The first kappa shape index (κ1) is 39.1. The average Bonchev–Trinajstić information content (AvgIpc) is 3.56. The van der Waals surface area contributed by atoms with Crippen molar-refractivity contribution in [1.82, 2.24) is 4.90 Å². The van der Waals surface area contributed by atoms with Gasteiger partial charge in [0.2, 0.25) is 5.91 Å². The van der Waals surface area contributed by atoms with Crippen molar-refractivity contribution in [3.05, 3.63) is 107 Å². The molecule has 3 aromatic rings. The number of para-hydroxylation sites is 2. The molecule has 0 saturated carbocycles. The van der Waals surface area contributed by atoms with Crippen LogP contribution < -0.4 is 14.5 Å². The number of carbonyl (C=O) groups is 3. The summed E-state index contributed by atoms with van der Waals surface area (Å²) in [6.45, 7) is 12.3. The highest BCUT2D eigenvalue weighted by atomic mass is 28.4. The molecule has 1 saturated heterocycles. The minimum absolute atomic E-state index is 0.0679. The van der Waals surface area contributed by atoms with Crippen LogP contribution in [0.15, 0.2) is 96.1 Å². The zero-order valence-electron chi connectivity index (χ0n) is 32.2. The highest BCUT2D eigenvalue weighted by molar-refractivity contribution is 6.71. The van der Waals surface area contributed by atoms with E-state index in [0.717, 1.165) is 24.0 Å². The summed E-state index contributed by atoms with van der Waals surface area (Å²) in [4.78, 5) is 59.5. The van der Waals surface area contributed by atoms with Crippen molar-refractivity contribution in [2.24, 2.45) is 5.92 Å². The number of hydrogen-bond acceptors (Lipinski definition) is 7. The lowest BCUT2D eigenvalue weighted by Gasteiger charge is -2.33. The summed E-state index contributed by atoms with van der Waals surface area (Å²) in [7, 11) is -3.09. The van der Waals surface area contributed by atoms with Crippen molar-refractivity contribution in [2.45, 2.75) is 83.8 Å². The van der Waals surface area contributed by atoms with Crippen LogP contribution in [0.5, 0.6) is 5.75 Å². The van der Waals surface area contributed by atoms with E-state index in [0.29, 0.717) is 41.5 Å². The fourth-order valence-electron chi connectivity index (χ4n) is 8.43. The maximum absolute atomic E-state index is 15.1. The molecule has 0 aromatic heterocycles. The lowest BCUT2D eigenvalue weighted by atomic mass is 9.82. The molecule has 2 N–H and O–H groups in total. The normalized spacial score (nSPS) is 22.3. The molecule has 3 aliphatic heterocycles. The van der Waals surface area contributed by atoms with Crippen molar-refractivity contribution >= 4 is 43.1 Å². The highest BCUT2D eigenvalue weighted by Gasteiger charge is 2.66. The van der Waals surface area contributed by atoms with Crippen molar-refractivity contribution in [2.75, 3.05) is 36.1 Å². The number of anilines is 3. The lowest BCUT2D eigenvalue weighted by Crippen LogP contribution is -2.46. The van der Waals surface area contributed by atoms with Crippen LogP contribution in [0.4, 0.5) is 17.1 Å². The molecule has 0 aliphatic carbocycles. The first-order chi connectivity index (χ1) is 25.8. The van der Waals surface area contributed by atoms with Gasteiger partial charge in [0.1, 0.15) is 5.75 Å². The van der Waals surface area contributed by atoms with E-state index in [-0.39, 0.29) is 43.9 Å². The van der Waals surface area contributed by atoms with E-state index >= 15 is 4.79 Å². The van der Waals surface area contributed by atoms with Gasteiger partial charge in [-0.2, -0.15) is 0 Å². The minimum atomic E-state index is -3.09. The van der Waals surface area contributed by atoms with Crippen molar-refractivity contribution in [3.63, 3.8) is 0 Å². The van der Waals surface area contributed by atoms with Crippen LogP contribution in [-0.4, -0.2) is 73.2 Å². The fourth-order valence-corrected chi connectivity index (χ4v) is 11.0. The van der Waals surface area contributed by atoms with E-state index in [2.05, 4.69) is 32.9 Å². The van der Waals surface area contributed by atoms with Crippen LogP contribution in [-0.2, 0) is 31.3 Å². The number of allylic oxidation sites excluding steroid dienone is 3. The molecule has 0 radical (unpaired) electrons. The topological polar surface area (TPSA) is 120 Å². The maximum Gasteiger partial charge on any atom is 0.269 e. The zero-order chi connectivity index (χ0) is 38.8. The van der Waals surface area contributed by atoms with Crippen LogP contribution in [0.1, 0.15) is 58.1 Å². The molecule has 4 atom stereocenters. The third-order valence-electron chi connectivity index (χ3n) is 11.0. The molecule has 3 amide bonds. The number of carbonyl (C=O) groups excluding carboxylic acids is 3. The number of aliphatic hydroxyl groups excluding tert-OH is 1. The zero-order valence-corrected chi connectivity index (χ0v) is 33.2. The molecule has 3 aromatic carbocycles. The SMILES string of the molecule is CC(C)=CCC/C(C)=C/CN1C(=O)[C@@]2(O[C@@H](CC(=O)N(CCO)Cc3ccccc3)[C@H]([Si](C)(C)O)[C@H]2C)c2cc(N3C(=O)COc4ccccc43)ccc21. The van der Waals surface area contributed by atoms with Crippen molar-refractivity contribution < 1.29 is 33.8 Å². The predicted molar refractivity (Wildman–Crippen MR) is 213 cm³/mol. The first-order valence-electron chi connectivity index (χ1n) is 18.9. The number of aliphatic hydroxyl groups is 1. The highest BCUT2D eigenvalue weighted by Crippen LogP contribution is 2.60. The van der Waals surface area contributed by atoms with Gasteiger partial charge in [-0.25, -0.2) is 0 Å². The van der Waals surface area contributed by atoms with Gasteiger partial charge in [-0.15, -0.1) is 0 Å². The Kier molecular flexibility index (Phi) is 11.6. The summed E-state index contributed by atoms with van der Waals surface area (Å²) < 4.78 is 12.8. The van der Waals surface area contributed by atoms with Gasteiger partial charge in [0.25, 0.3) is 11.8 Å². The average molecular weight is 752 g/mol. The van der Waals surface area contributed by atoms with E-state index in [1.165, 1.54) is 5.57 Å². The van der Waals surface area contributed by atoms with Gasteiger partial charge in [-0.3, -0.25) is 19.3 Å². The molecule has 3 aliphatic rings. The Hall–Kier alpha value is -4.55. The number of fused-ring (bicyclic) bond motifs is 3. The fraction of sp³-hybridized carbons (Fsp3) is 0.419. The van der Waals surface area contributed by atoms with E-state index in [1.807, 2.05) is 92.8 Å². The number of hydrogen-bond donors (Lipinski definition) is 2. The standard InChI is InChI=1S/C43H53N3O7Si/c1-29(2)13-12-14-30(3)21-22-45-35-20-19-33(46-36-17-10-11-18-37(36)52-28-40(46)49)25-34(35)43(42(45)50)31(4)41(54(5,6)51)38(53-43)26-39(48)44(23-24-47)27-32-15-8-7-9-16-32/h7-11,13,15-21,25,31,38,41,47,51H,12,14,22-24,26-28H2,1-6H3/b30-21+/t31-,38+,41-,43+/m1/s1. The van der Waals surface area contributed by atoms with Crippen LogP contribution >= 0.6 is 0 Å². The summed E-state index contributed by atoms with van der Waals surface area (Å²) in [6.07, 6.45) is 5.20. The second-order valence-corrected chi connectivity index (χ2v) is 19.5. The van der Waals surface area contributed by atoms with Crippen LogP contribution in [0.3, 0.4) is 0 Å². The van der Waals surface area contributed by atoms with E-state index < -0.39 is 31.5 Å². The quantitative estimate of drug-likeness (QED) is 0.143. The van der Waals surface area contributed by atoms with Crippen molar-refractivity contribution in [1.29, 1.82) is 0 Å². The first-order valence-corrected chi connectivity index (χ1v) is 21.9. The van der Waals surface area contributed by atoms with Gasteiger partial charge in [-0.05, 0) is 82.6 Å². The monoisotopic (exact) mass is 751 g/mol. The number of amides is 3. The Labute approximate surface area is 319 Å². The van der Waals surface area contributed by atoms with E-state index in [4.69, 9.17) is 9.47 Å². The minimum Gasteiger partial charge on any atom is -0.482 e. The summed E-state index contributed by atoms with van der Waals surface area (Å²) >= 11 is 0. The maximum atomic E-state index is 15.1. The van der Waals surface area contributed by atoms with Gasteiger partial charge in [0.05, 0.1) is 30.5 Å². The van der Waals surface area contributed by atoms with Gasteiger partial charge in [0.15, 0.2) is 20.5 Å². The van der Waals surface area contributed by atoms with Crippen LogP contribution in [0.2, 0.25) is 18.6 Å². The summed E-state index contributed by atoms with van der Waals surface area (Å²) in [5.41, 5.74) is 3.80. The number of nitrogens with zero attached hydrogens (tertiary/aromatic N) is 3. The largest absolute Gasteiger partial charge is 0.482 e. The van der Waals surface area contributed by atoms with Gasteiger partial charge < -0.3 is 29.2 Å². The number of ether oxygens (including phenoxy) is 2. The molecule has 1 spiro atoms. The van der Waals surface area contributed by atoms with Crippen LogP contribution in [0.25, 0.3) is 0 Å². The molecule has 54 heavy (non-hydrogen) atoms. The van der Waals surface area contributed by atoms with E-state index in [9.17, 15) is 19.5 Å². The third-order valence-corrected chi connectivity index (χ3v) is 13.5. The Morgan fingerprint density at radius 3 is 2.43 bits per heavy atom.